The Morgan fingerprint density at radius 2 is 2.10 bits per heavy atom. The molecule has 1 N–H and O–H groups in total. The largest absolute Gasteiger partial charge is 0.476 e. The van der Waals surface area contributed by atoms with Crippen LogP contribution in [-0.2, 0) is 17.6 Å². The monoisotopic (exact) mass is 294 g/mol. The fourth-order valence-electron chi connectivity index (χ4n) is 2.21. The van der Waals surface area contributed by atoms with Crippen LogP contribution in [0.2, 0.25) is 0 Å². The minimum atomic E-state index is -0.998. The van der Waals surface area contributed by atoms with Crippen molar-refractivity contribution in [2.45, 2.75) is 33.6 Å². The van der Waals surface area contributed by atoms with E-state index in [9.17, 15) is 9.90 Å². The van der Waals surface area contributed by atoms with Crippen molar-refractivity contribution in [1.29, 1.82) is 0 Å². The van der Waals surface area contributed by atoms with Gasteiger partial charge < -0.3 is 9.84 Å². The van der Waals surface area contributed by atoms with Crippen LogP contribution in [0.3, 0.4) is 0 Å². The molecule has 5 nitrogen and oxygen atoms in total. The number of rotatable bonds is 6. The second-order valence-electron chi connectivity index (χ2n) is 4.41. The van der Waals surface area contributed by atoms with Crippen LogP contribution in [0, 0.1) is 6.92 Å². The van der Waals surface area contributed by atoms with Gasteiger partial charge in [-0.05, 0) is 25.8 Å². The van der Waals surface area contributed by atoms with Crippen molar-refractivity contribution in [2.75, 3.05) is 13.2 Å². The number of thiophene rings is 1. The molecule has 0 amide bonds. The van der Waals surface area contributed by atoms with Crippen LogP contribution < -0.4 is 0 Å². The number of hydrogen-bond donors (Lipinski definition) is 1. The van der Waals surface area contributed by atoms with Crippen LogP contribution in [0.15, 0.2) is 0 Å². The Morgan fingerprint density at radius 1 is 1.35 bits per heavy atom. The summed E-state index contributed by atoms with van der Waals surface area (Å²) in [5, 5.41) is 10.1. The van der Waals surface area contributed by atoms with Gasteiger partial charge in [0.25, 0.3) is 0 Å². The van der Waals surface area contributed by atoms with E-state index in [4.69, 9.17) is 4.74 Å². The van der Waals surface area contributed by atoms with Crippen molar-refractivity contribution in [1.82, 2.24) is 9.97 Å². The van der Waals surface area contributed by atoms with E-state index in [1.807, 2.05) is 20.8 Å². The van der Waals surface area contributed by atoms with Crippen LogP contribution in [0.1, 0.15) is 40.6 Å². The van der Waals surface area contributed by atoms with Crippen molar-refractivity contribution in [3.63, 3.8) is 0 Å². The summed E-state index contributed by atoms with van der Waals surface area (Å²) in [4.78, 5) is 22.0. The third-order valence-corrected chi connectivity index (χ3v) is 4.17. The number of carboxylic acid groups (broad SMARTS) is 1. The number of fused-ring (bicyclic) bond motifs is 1. The molecule has 0 unspecified atom stereocenters. The highest BCUT2D eigenvalue weighted by molar-refractivity contribution is 7.18. The second kappa shape index (κ2) is 6.28. The molecule has 2 rings (SSSR count). The van der Waals surface area contributed by atoms with Crippen LogP contribution in [0.4, 0.5) is 0 Å². The zero-order valence-electron chi connectivity index (χ0n) is 11.9. The van der Waals surface area contributed by atoms with E-state index in [0.29, 0.717) is 30.8 Å². The number of ether oxygens (including phenoxy) is 1. The molecule has 108 valence electrons. The van der Waals surface area contributed by atoms with Gasteiger partial charge in [-0.2, -0.15) is 0 Å². The molecule has 0 bridgehead atoms. The maximum absolute atomic E-state index is 11.5. The quantitative estimate of drug-likeness (QED) is 0.829. The highest BCUT2D eigenvalue weighted by Gasteiger charge is 2.20. The highest BCUT2D eigenvalue weighted by atomic mass is 32.1. The molecule has 6 heteroatoms. The molecule has 0 saturated carbocycles. The number of carbonyl (C=O) groups is 1. The number of carboxylic acids is 1. The fraction of sp³-hybridized carbons (Fsp3) is 0.500. The molecule has 0 spiro atoms. The summed E-state index contributed by atoms with van der Waals surface area (Å²) in [6.45, 7) is 7.07. The van der Waals surface area contributed by atoms with Crippen molar-refractivity contribution >= 4 is 27.5 Å². The number of hydrogen-bond acceptors (Lipinski definition) is 5. The molecule has 20 heavy (non-hydrogen) atoms. The molecule has 0 aliphatic heterocycles. The van der Waals surface area contributed by atoms with Gasteiger partial charge in [-0.1, -0.05) is 6.92 Å². The van der Waals surface area contributed by atoms with Gasteiger partial charge in [0.15, 0.2) is 5.69 Å². The molecule has 0 aromatic carbocycles. The first-order valence-electron chi connectivity index (χ1n) is 6.68. The highest BCUT2D eigenvalue weighted by Crippen LogP contribution is 2.32. The zero-order valence-corrected chi connectivity index (χ0v) is 12.7. The van der Waals surface area contributed by atoms with Crippen molar-refractivity contribution in [3.05, 3.63) is 22.0 Å². The minimum absolute atomic E-state index is 0.114. The van der Waals surface area contributed by atoms with E-state index >= 15 is 0 Å². The van der Waals surface area contributed by atoms with Crippen molar-refractivity contribution in [3.8, 4) is 0 Å². The molecule has 0 atom stereocenters. The topological polar surface area (TPSA) is 72.3 Å². The summed E-state index contributed by atoms with van der Waals surface area (Å²) in [6, 6.07) is 0. The van der Waals surface area contributed by atoms with Crippen LogP contribution in [-0.4, -0.2) is 34.3 Å². The average molecular weight is 294 g/mol. The number of aromatic nitrogens is 2. The van der Waals surface area contributed by atoms with Gasteiger partial charge in [0.1, 0.15) is 10.7 Å². The lowest BCUT2D eigenvalue weighted by atomic mass is 10.1. The van der Waals surface area contributed by atoms with E-state index < -0.39 is 5.97 Å². The Balaban J connectivity index is 2.52. The Kier molecular flexibility index (Phi) is 4.67. The first-order chi connectivity index (χ1) is 9.58. The third-order valence-electron chi connectivity index (χ3n) is 3.13. The molecule has 0 aliphatic rings. The Labute approximate surface area is 121 Å². The zero-order chi connectivity index (χ0) is 14.7. The SMILES string of the molecule is CCOCCc1nc(C(=O)O)c2c(CC)c(C)sc2n1. The van der Waals surface area contributed by atoms with E-state index in [2.05, 4.69) is 9.97 Å². The molecular weight excluding hydrogens is 276 g/mol. The first-order valence-corrected chi connectivity index (χ1v) is 7.50. The second-order valence-corrected chi connectivity index (χ2v) is 5.61. The fourth-order valence-corrected chi connectivity index (χ4v) is 3.35. The Bertz CT molecular complexity index is 637. The molecule has 0 fully saturated rings. The predicted octanol–water partition coefficient (Wildman–Crippen LogP) is 2.84. The minimum Gasteiger partial charge on any atom is -0.476 e. The third kappa shape index (κ3) is 2.81. The molecule has 0 saturated heterocycles. The van der Waals surface area contributed by atoms with Gasteiger partial charge in [0, 0.05) is 23.3 Å². The van der Waals surface area contributed by atoms with E-state index in [1.54, 1.807) is 0 Å². The lowest BCUT2D eigenvalue weighted by Crippen LogP contribution is -2.09. The Morgan fingerprint density at radius 3 is 2.70 bits per heavy atom. The molecule has 0 aliphatic carbocycles. The Hall–Kier alpha value is -1.53. The summed E-state index contributed by atoms with van der Waals surface area (Å²) >= 11 is 1.53. The summed E-state index contributed by atoms with van der Waals surface area (Å²) in [6.07, 6.45) is 1.32. The van der Waals surface area contributed by atoms with Gasteiger partial charge in [0.2, 0.25) is 0 Å². The summed E-state index contributed by atoms with van der Waals surface area (Å²) in [5.74, 6) is -0.463. The maximum atomic E-state index is 11.5. The smallest absolute Gasteiger partial charge is 0.355 e. The van der Waals surface area contributed by atoms with E-state index in [-0.39, 0.29) is 5.69 Å². The van der Waals surface area contributed by atoms with E-state index in [1.165, 1.54) is 11.3 Å². The van der Waals surface area contributed by atoms with Gasteiger partial charge in [-0.25, -0.2) is 14.8 Å². The molecule has 0 radical (unpaired) electrons. The number of aryl methyl sites for hydroxylation is 2. The van der Waals surface area contributed by atoms with Crippen LogP contribution in [0.25, 0.3) is 10.2 Å². The van der Waals surface area contributed by atoms with Gasteiger partial charge in [-0.15, -0.1) is 11.3 Å². The lowest BCUT2D eigenvalue weighted by molar-refractivity contribution is 0.0692. The van der Waals surface area contributed by atoms with E-state index in [0.717, 1.165) is 21.7 Å². The standard InChI is InChI=1S/C14H18N2O3S/c1-4-9-8(3)20-13-11(9)12(14(17)18)15-10(16-13)6-7-19-5-2/h4-7H2,1-3H3,(H,17,18). The number of aromatic carboxylic acids is 1. The lowest BCUT2D eigenvalue weighted by Gasteiger charge is -2.05. The van der Waals surface area contributed by atoms with Gasteiger partial charge in [-0.3, -0.25) is 0 Å². The summed E-state index contributed by atoms with van der Waals surface area (Å²) in [7, 11) is 0. The first kappa shape index (κ1) is 14.9. The number of nitrogens with zero attached hydrogens (tertiary/aromatic N) is 2. The summed E-state index contributed by atoms with van der Waals surface area (Å²) in [5.41, 5.74) is 1.15. The molecule has 2 heterocycles. The average Bonchev–Trinajstić information content (AvgIpc) is 2.73. The predicted molar refractivity (Wildman–Crippen MR) is 78.7 cm³/mol. The summed E-state index contributed by atoms with van der Waals surface area (Å²) < 4.78 is 5.28. The molecule has 2 aromatic rings. The molecular formula is C14H18N2O3S. The maximum Gasteiger partial charge on any atom is 0.355 e. The van der Waals surface area contributed by atoms with Crippen molar-refractivity contribution in [2.24, 2.45) is 0 Å². The molecule has 2 aromatic heterocycles. The van der Waals surface area contributed by atoms with Crippen LogP contribution in [0.5, 0.6) is 0 Å². The normalized spacial score (nSPS) is 11.2. The van der Waals surface area contributed by atoms with Gasteiger partial charge in [0.05, 0.1) is 6.61 Å². The van der Waals surface area contributed by atoms with Crippen LogP contribution >= 0.6 is 11.3 Å². The van der Waals surface area contributed by atoms with Crippen molar-refractivity contribution < 1.29 is 14.6 Å². The van der Waals surface area contributed by atoms with Gasteiger partial charge >= 0.3 is 5.97 Å².